The first-order valence-corrected chi connectivity index (χ1v) is 5.47. The molecule has 1 N–H and O–H groups in total. The topological polar surface area (TPSA) is 69.6 Å². The summed E-state index contributed by atoms with van der Waals surface area (Å²) in [5, 5.41) is 2.56. The van der Waals surface area contributed by atoms with E-state index in [-0.39, 0.29) is 0 Å². The van der Waals surface area contributed by atoms with E-state index in [1.165, 1.54) is 13.2 Å². The molecule has 0 fully saturated rings. The molecule has 0 unspecified atom stereocenters. The molecule has 0 aromatic carbocycles. The zero-order chi connectivity index (χ0) is 13.9. The van der Waals surface area contributed by atoms with Gasteiger partial charge in [0, 0.05) is 13.2 Å². The monoisotopic (exact) mass is 254 g/mol. The van der Waals surface area contributed by atoms with Crippen LogP contribution in [0.1, 0.15) is 31.1 Å². The second-order valence-electron chi connectivity index (χ2n) is 4.84. The van der Waals surface area contributed by atoms with Crippen molar-refractivity contribution >= 4 is 17.9 Å². The summed E-state index contributed by atoms with van der Waals surface area (Å²) in [7, 11) is 3.01. The highest BCUT2D eigenvalue weighted by molar-refractivity contribution is 5.92. The van der Waals surface area contributed by atoms with Crippen LogP contribution >= 0.6 is 0 Å². The second-order valence-corrected chi connectivity index (χ2v) is 4.84. The first-order valence-electron chi connectivity index (χ1n) is 5.47. The van der Waals surface area contributed by atoms with Gasteiger partial charge in [-0.15, -0.1) is 0 Å². The number of rotatable bonds is 2. The molecule has 1 aromatic heterocycles. The van der Waals surface area contributed by atoms with E-state index in [1.807, 2.05) is 0 Å². The molecular weight excluding hydrogens is 236 g/mol. The summed E-state index contributed by atoms with van der Waals surface area (Å²) in [5.74, 6) is 0.00693. The summed E-state index contributed by atoms with van der Waals surface area (Å²) in [6, 6.07) is 1.52. The highest BCUT2D eigenvalue weighted by Crippen LogP contribution is 2.15. The molecule has 0 aliphatic rings. The first-order chi connectivity index (χ1) is 8.23. The van der Waals surface area contributed by atoms with Gasteiger partial charge in [-0.3, -0.25) is 5.32 Å². The maximum Gasteiger partial charge on any atom is 0.413 e. The number of carbonyl (C=O) groups excluding carboxylic acids is 2. The lowest BCUT2D eigenvalue weighted by atomic mass is 10.2. The summed E-state index contributed by atoms with van der Waals surface area (Å²) in [6.07, 6.45) is 0.999. The second kappa shape index (κ2) is 5.12. The number of hydrogen-bond acceptors (Lipinski definition) is 4. The summed E-state index contributed by atoms with van der Waals surface area (Å²) in [5.41, 5.74) is -0.202. The van der Waals surface area contributed by atoms with Gasteiger partial charge in [0.1, 0.15) is 11.4 Å². The molecule has 100 valence electrons. The highest BCUT2D eigenvalue weighted by atomic mass is 16.6. The minimum Gasteiger partial charge on any atom is -0.465 e. The van der Waals surface area contributed by atoms with Crippen LogP contribution in [0.2, 0.25) is 0 Å². The molecule has 1 amide bonds. The Hall–Kier alpha value is -1.98. The zero-order valence-electron chi connectivity index (χ0n) is 11.2. The van der Waals surface area contributed by atoms with Crippen molar-refractivity contribution in [2.24, 2.45) is 7.05 Å². The Bertz CT molecular complexity index is 457. The van der Waals surface area contributed by atoms with Gasteiger partial charge in [0.15, 0.2) is 0 Å². The third-order valence-electron chi connectivity index (χ3n) is 2.06. The summed E-state index contributed by atoms with van der Waals surface area (Å²) in [6.45, 7) is 5.33. The van der Waals surface area contributed by atoms with Crippen molar-refractivity contribution in [1.82, 2.24) is 4.57 Å². The number of nitrogens with zero attached hydrogens (tertiary/aromatic N) is 1. The number of aryl methyl sites for hydroxylation is 1. The van der Waals surface area contributed by atoms with Crippen LogP contribution in [-0.2, 0) is 16.5 Å². The molecule has 0 saturated heterocycles. The Morgan fingerprint density at radius 2 is 1.94 bits per heavy atom. The highest BCUT2D eigenvalue weighted by Gasteiger charge is 2.18. The fraction of sp³-hybridized carbons (Fsp3) is 0.500. The summed E-state index contributed by atoms with van der Waals surface area (Å²) < 4.78 is 11.3. The van der Waals surface area contributed by atoms with E-state index in [0.29, 0.717) is 11.4 Å². The van der Waals surface area contributed by atoms with E-state index < -0.39 is 17.7 Å². The molecule has 6 nitrogen and oxygen atoms in total. The van der Waals surface area contributed by atoms with Gasteiger partial charge in [-0.1, -0.05) is 0 Å². The van der Waals surface area contributed by atoms with Gasteiger partial charge < -0.3 is 14.0 Å². The average Bonchev–Trinajstić information content (AvgIpc) is 2.56. The molecule has 6 heteroatoms. The number of carbonyl (C=O) groups is 2. The molecule has 1 rings (SSSR count). The molecule has 0 spiro atoms. The maximum atomic E-state index is 11.6. The predicted octanol–water partition coefficient (Wildman–Crippen LogP) is 2.16. The van der Waals surface area contributed by atoms with Crippen molar-refractivity contribution < 1.29 is 19.1 Å². The third-order valence-corrected chi connectivity index (χ3v) is 2.06. The molecule has 0 radical (unpaired) electrons. The van der Waals surface area contributed by atoms with Crippen molar-refractivity contribution in [3.63, 3.8) is 0 Å². The minimum atomic E-state index is -0.569. The van der Waals surface area contributed by atoms with Crippen LogP contribution in [0.25, 0.3) is 0 Å². The average molecular weight is 254 g/mol. The number of methoxy groups -OCH3 is 1. The van der Waals surface area contributed by atoms with Crippen LogP contribution in [-0.4, -0.2) is 29.3 Å². The smallest absolute Gasteiger partial charge is 0.413 e. The van der Waals surface area contributed by atoms with Crippen molar-refractivity contribution in [2.75, 3.05) is 12.4 Å². The number of nitrogens with one attached hydrogen (secondary N) is 1. The number of anilines is 1. The molecule has 18 heavy (non-hydrogen) atoms. The number of amides is 1. The van der Waals surface area contributed by atoms with E-state index in [0.717, 1.165) is 0 Å². The largest absolute Gasteiger partial charge is 0.465 e. The Labute approximate surface area is 106 Å². The normalized spacial score (nSPS) is 10.9. The fourth-order valence-electron chi connectivity index (χ4n) is 1.33. The number of aromatic nitrogens is 1. The van der Waals surface area contributed by atoms with Crippen molar-refractivity contribution in [3.05, 3.63) is 17.8 Å². The van der Waals surface area contributed by atoms with Crippen LogP contribution in [0.3, 0.4) is 0 Å². The molecule has 0 saturated carbocycles. The van der Waals surface area contributed by atoms with Gasteiger partial charge in [0.05, 0.1) is 12.7 Å². The summed E-state index contributed by atoms with van der Waals surface area (Å²) in [4.78, 5) is 22.9. The van der Waals surface area contributed by atoms with Gasteiger partial charge >= 0.3 is 12.1 Å². The lowest BCUT2D eigenvalue weighted by molar-refractivity contribution is 0.0597. The van der Waals surface area contributed by atoms with Crippen LogP contribution < -0.4 is 5.32 Å². The van der Waals surface area contributed by atoms with Crippen molar-refractivity contribution in [1.29, 1.82) is 0 Å². The van der Waals surface area contributed by atoms with E-state index in [4.69, 9.17) is 4.74 Å². The van der Waals surface area contributed by atoms with Gasteiger partial charge in [0.2, 0.25) is 0 Å². The van der Waals surface area contributed by atoms with Gasteiger partial charge in [-0.25, -0.2) is 9.59 Å². The molecule has 0 bridgehead atoms. The molecule has 0 atom stereocenters. The standard InChI is InChI=1S/C12H18N2O4/c1-12(2,3)18-11(16)13-9-6-8(7-14(9)4)10(15)17-5/h6-7H,1-5H3,(H,13,16). The molecule has 0 aliphatic carbocycles. The summed E-state index contributed by atoms with van der Waals surface area (Å²) >= 11 is 0. The zero-order valence-corrected chi connectivity index (χ0v) is 11.2. The van der Waals surface area contributed by atoms with Gasteiger partial charge in [0.25, 0.3) is 0 Å². The van der Waals surface area contributed by atoms with Crippen LogP contribution in [0.15, 0.2) is 12.3 Å². The van der Waals surface area contributed by atoms with E-state index in [9.17, 15) is 9.59 Å². The Morgan fingerprint density at radius 3 is 2.44 bits per heavy atom. The SMILES string of the molecule is COC(=O)c1cc(NC(=O)OC(C)(C)C)n(C)c1. The van der Waals surface area contributed by atoms with Crippen LogP contribution in [0.5, 0.6) is 0 Å². The number of hydrogen-bond donors (Lipinski definition) is 1. The van der Waals surface area contributed by atoms with Crippen LogP contribution in [0.4, 0.5) is 10.6 Å². The molecule has 0 aliphatic heterocycles. The van der Waals surface area contributed by atoms with Crippen molar-refractivity contribution in [3.8, 4) is 0 Å². The molecule has 1 heterocycles. The van der Waals surface area contributed by atoms with E-state index >= 15 is 0 Å². The quantitative estimate of drug-likeness (QED) is 0.821. The number of esters is 1. The van der Waals surface area contributed by atoms with E-state index in [2.05, 4.69) is 10.1 Å². The predicted molar refractivity (Wildman–Crippen MR) is 66.6 cm³/mol. The lowest BCUT2D eigenvalue weighted by Gasteiger charge is -2.19. The lowest BCUT2D eigenvalue weighted by Crippen LogP contribution is -2.27. The minimum absolute atomic E-state index is 0.367. The first kappa shape index (κ1) is 14.1. The Balaban J connectivity index is 2.76. The molecular formula is C12H18N2O4. The Morgan fingerprint density at radius 1 is 1.33 bits per heavy atom. The molecule has 1 aromatic rings. The van der Waals surface area contributed by atoms with Gasteiger partial charge in [-0.2, -0.15) is 0 Å². The fourth-order valence-corrected chi connectivity index (χ4v) is 1.33. The van der Waals surface area contributed by atoms with Crippen molar-refractivity contribution in [2.45, 2.75) is 26.4 Å². The third kappa shape index (κ3) is 3.80. The van der Waals surface area contributed by atoms with E-state index in [1.54, 1.807) is 38.6 Å². The van der Waals surface area contributed by atoms with Crippen LogP contribution in [0, 0.1) is 0 Å². The number of ether oxygens (including phenoxy) is 2. The Kier molecular flexibility index (Phi) is 4.00. The van der Waals surface area contributed by atoms with Gasteiger partial charge in [-0.05, 0) is 26.8 Å². The maximum absolute atomic E-state index is 11.6.